The molecule has 4 N–H and O–H groups in total. The van der Waals surface area contributed by atoms with E-state index in [1.165, 1.54) is 0 Å². The van der Waals surface area contributed by atoms with Crippen LogP contribution in [-0.4, -0.2) is 44.3 Å². The van der Waals surface area contributed by atoms with Crippen LogP contribution in [0, 0.1) is 0 Å². The molecular formula is C24H12F6O10. The highest BCUT2D eigenvalue weighted by molar-refractivity contribution is 6.04. The molecule has 0 fully saturated rings. The van der Waals surface area contributed by atoms with Crippen LogP contribution >= 0.6 is 0 Å². The highest BCUT2D eigenvalue weighted by atomic mass is 19.4. The van der Waals surface area contributed by atoms with Gasteiger partial charge in [0.15, 0.2) is 0 Å². The van der Waals surface area contributed by atoms with Crippen molar-refractivity contribution in [2.24, 2.45) is 0 Å². The summed E-state index contributed by atoms with van der Waals surface area (Å²) in [6, 6.07) is 4.30. The first kappa shape index (κ1) is 29.3. The number of aromatic carboxylic acids is 4. The van der Waals surface area contributed by atoms with E-state index in [1.807, 2.05) is 0 Å². The number of benzene rings is 3. The Kier molecular flexibility index (Phi) is 7.66. The first-order chi connectivity index (χ1) is 18.4. The van der Waals surface area contributed by atoms with Crippen LogP contribution in [0.1, 0.15) is 52.6 Å². The van der Waals surface area contributed by atoms with Crippen molar-refractivity contribution in [3.63, 3.8) is 0 Å². The summed E-state index contributed by atoms with van der Waals surface area (Å²) in [4.78, 5) is 45.9. The van der Waals surface area contributed by atoms with Gasteiger partial charge in [-0.2, -0.15) is 26.3 Å². The molecule has 0 aliphatic rings. The predicted molar refractivity (Wildman–Crippen MR) is 117 cm³/mol. The number of halogens is 6. The maximum absolute atomic E-state index is 13.9. The number of carboxylic acids is 4. The minimum atomic E-state index is -5.48. The van der Waals surface area contributed by atoms with Crippen molar-refractivity contribution in [2.45, 2.75) is 12.4 Å². The van der Waals surface area contributed by atoms with Gasteiger partial charge in [0.05, 0.1) is 11.1 Å². The highest BCUT2D eigenvalue weighted by Crippen LogP contribution is 2.48. The molecule has 0 bridgehead atoms. The minimum absolute atomic E-state index is 0.210. The molecule has 0 saturated heterocycles. The number of carboxylic acid groups (broad SMARTS) is 4. The van der Waals surface area contributed by atoms with Gasteiger partial charge < -0.3 is 29.9 Å². The van der Waals surface area contributed by atoms with Crippen LogP contribution in [0.5, 0.6) is 23.0 Å². The molecule has 210 valence electrons. The molecule has 0 aliphatic heterocycles. The lowest BCUT2D eigenvalue weighted by Crippen LogP contribution is -2.15. The van der Waals surface area contributed by atoms with Crippen LogP contribution in [0.15, 0.2) is 48.5 Å². The van der Waals surface area contributed by atoms with Crippen molar-refractivity contribution >= 4 is 23.9 Å². The first-order valence-corrected chi connectivity index (χ1v) is 10.3. The third-order valence-electron chi connectivity index (χ3n) is 5.07. The van der Waals surface area contributed by atoms with Gasteiger partial charge in [-0.3, -0.25) is 0 Å². The summed E-state index contributed by atoms with van der Waals surface area (Å²) in [5.41, 5.74) is -8.11. The molecule has 0 aliphatic carbocycles. The molecule has 10 nitrogen and oxygen atoms in total. The summed E-state index contributed by atoms with van der Waals surface area (Å²) in [6.45, 7) is 0. The average molecular weight is 574 g/mol. The van der Waals surface area contributed by atoms with Crippen molar-refractivity contribution in [3.8, 4) is 23.0 Å². The Balaban J connectivity index is 2.30. The molecule has 0 amide bonds. The normalized spacial score (nSPS) is 11.6. The molecular weight excluding hydrogens is 562 g/mol. The lowest BCUT2D eigenvalue weighted by Gasteiger charge is -2.21. The zero-order valence-electron chi connectivity index (χ0n) is 19.1. The molecule has 3 aromatic rings. The largest absolute Gasteiger partial charge is 0.478 e. The minimum Gasteiger partial charge on any atom is -0.478 e. The van der Waals surface area contributed by atoms with E-state index in [9.17, 15) is 65.9 Å². The Morgan fingerprint density at radius 2 is 0.850 bits per heavy atom. The van der Waals surface area contributed by atoms with E-state index in [0.29, 0.717) is 12.1 Å². The second-order valence-electron chi connectivity index (χ2n) is 7.62. The van der Waals surface area contributed by atoms with Gasteiger partial charge in [0.1, 0.15) is 45.3 Å². The molecule has 0 saturated carbocycles. The van der Waals surface area contributed by atoms with E-state index < -0.39 is 92.6 Å². The molecule has 0 radical (unpaired) electrons. The van der Waals surface area contributed by atoms with Gasteiger partial charge in [0.2, 0.25) is 0 Å². The molecule has 0 unspecified atom stereocenters. The molecule has 0 heterocycles. The molecule has 40 heavy (non-hydrogen) atoms. The third-order valence-corrected chi connectivity index (χ3v) is 5.07. The van der Waals surface area contributed by atoms with Crippen molar-refractivity contribution in [1.82, 2.24) is 0 Å². The first-order valence-electron chi connectivity index (χ1n) is 10.3. The van der Waals surface area contributed by atoms with Gasteiger partial charge in [-0.25, -0.2) is 19.2 Å². The van der Waals surface area contributed by atoms with E-state index in [1.54, 1.807) is 0 Å². The lowest BCUT2D eigenvalue weighted by atomic mass is 10.0. The smallest absolute Gasteiger partial charge is 0.420 e. The van der Waals surface area contributed by atoms with Crippen molar-refractivity contribution in [3.05, 3.63) is 81.9 Å². The zero-order valence-corrected chi connectivity index (χ0v) is 19.1. The number of ether oxygens (including phenoxy) is 2. The Morgan fingerprint density at radius 3 is 1.10 bits per heavy atom. The topological polar surface area (TPSA) is 168 Å². The average Bonchev–Trinajstić information content (AvgIpc) is 2.82. The quantitative estimate of drug-likeness (QED) is 0.231. The number of rotatable bonds is 8. The second kappa shape index (κ2) is 10.5. The highest BCUT2D eigenvalue weighted by Gasteiger charge is 2.42. The fourth-order valence-corrected chi connectivity index (χ4v) is 3.44. The summed E-state index contributed by atoms with van der Waals surface area (Å²) in [5, 5.41) is 37.1. The van der Waals surface area contributed by atoms with Crippen molar-refractivity contribution < 1.29 is 75.4 Å². The fraction of sp³-hybridized carbons (Fsp3) is 0.0833. The van der Waals surface area contributed by atoms with Crippen molar-refractivity contribution in [1.29, 1.82) is 0 Å². The Hall–Kier alpha value is -5.28. The summed E-state index contributed by atoms with van der Waals surface area (Å²) < 4.78 is 93.4. The standard InChI is InChI=1S/C24H12F6O10/c25-23(26,27)11-8-16(40-14-6-2-4-10(20(33)34)18(14)22(37)38)12(24(28,29)30)7-15(11)39-13-5-1-3-9(19(31)32)17(13)21(35)36/h1-8H,(H,31,32)(H,33,34)(H,35,36)(H,37,38). The van der Waals surface area contributed by atoms with E-state index in [2.05, 4.69) is 0 Å². The maximum Gasteiger partial charge on any atom is 0.420 e. The maximum atomic E-state index is 13.9. The van der Waals surface area contributed by atoms with E-state index in [4.69, 9.17) is 9.47 Å². The molecule has 3 aromatic carbocycles. The number of hydrogen-bond donors (Lipinski definition) is 4. The Morgan fingerprint density at radius 1 is 0.525 bits per heavy atom. The second-order valence-corrected chi connectivity index (χ2v) is 7.62. The summed E-state index contributed by atoms with van der Waals surface area (Å²) in [7, 11) is 0. The van der Waals surface area contributed by atoms with Gasteiger partial charge in [-0.1, -0.05) is 12.1 Å². The van der Waals surface area contributed by atoms with Crippen LogP contribution in [0.25, 0.3) is 0 Å². The van der Waals surface area contributed by atoms with Gasteiger partial charge in [0, 0.05) is 0 Å². The van der Waals surface area contributed by atoms with Gasteiger partial charge >= 0.3 is 36.2 Å². The van der Waals surface area contributed by atoms with Crippen LogP contribution in [-0.2, 0) is 12.4 Å². The monoisotopic (exact) mass is 574 g/mol. The third kappa shape index (κ3) is 5.90. The molecule has 3 rings (SSSR count). The van der Waals surface area contributed by atoms with Crippen LogP contribution in [0.4, 0.5) is 26.3 Å². The summed E-state index contributed by atoms with van der Waals surface area (Å²) >= 11 is 0. The fourth-order valence-electron chi connectivity index (χ4n) is 3.44. The predicted octanol–water partition coefficient (Wildman–Crippen LogP) is 6.10. The molecule has 0 aromatic heterocycles. The summed E-state index contributed by atoms with van der Waals surface area (Å²) in [6.07, 6.45) is -11.0. The van der Waals surface area contributed by atoms with E-state index in [-0.39, 0.29) is 12.1 Å². The number of alkyl halides is 6. The Bertz CT molecular complexity index is 1430. The Labute approximate surface area is 217 Å². The van der Waals surface area contributed by atoms with Crippen LogP contribution in [0.2, 0.25) is 0 Å². The molecule has 16 heteroatoms. The van der Waals surface area contributed by atoms with E-state index >= 15 is 0 Å². The SMILES string of the molecule is O=C(O)c1cccc(Oc2cc(C(F)(F)F)c(Oc3cccc(C(=O)O)c3C(=O)O)cc2C(F)(F)F)c1C(=O)O. The molecule has 0 spiro atoms. The summed E-state index contributed by atoms with van der Waals surface area (Å²) in [5.74, 6) is -12.9. The van der Waals surface area contributed by atoms with Crippen molar-refractivity contribution in [2.75, 3.05) is 0 Å². The molecule has 0 atom stereocenters. The van der Waals surface area contributed by atoms with Gasteiger partial charge in [-0.15, -0.1) is 0 Å². The number of carbonyl (C=O) groups is 4. The van der Waals surface area contributed by atoms with Gasteiger partial charge in [0.25, 0.3) is 0 Å². The van der Waals surface area contributed by atoms with Crippen LogP contribution in [0.3, 0.4) is 0 Å². The van der Waals surface area contributed by atoms with Gasteiger partial charge in [-0.05, 0) is 36.4 Å². The van der Waals surface area contributed by atoms with Crippen LogP contribution < -0.4 is 9.47 Å². The van der Waals surface area contributed by atoms with E-state index in [0.717, 1.165) is 24.3 Å². The lowest BCUT2D eigenvalue weighted by molar-refractivity contribution is -0.143. The number of hydrogen-bond acceptors (Lipinski definition) is 6. The zero-order chi connectivity index (χ0) is 30.2.